The smallest absolute Gasteiger partial charge is 0.257 e. The van der Waals surface area contributed by atoms with Crippen LogP contribution in [0, 0.1) is 11.6 Å². The zero-order chi connectivity index (χ0) is 22.9. The van der Waals surface area contributed by atoms with Crippen molar-refractivity contribution in [3.05, 3.63) is 59.0 Å². The Labute approximate surface area is 187 Å². The highest BCUT2D eigenvalue weighted by Gasteiger charge is 2.30. The van der Waals surface area contributed by atoms with E-state index >= 15 is 0 Å². The number of anilines is 1. The first-order valence-electron chi connectivity index (χ1n) is 9.70. The molecule has 0 bridgehead atoms. The lowest BCUT2D eigenvalue weighted by atomic mass is 10.1. The molecule has 0 radical (unpaired) electrons. The Kier molecular flexibility index (Phi) is 6.22. The van der Waals surface area contributed by atoms with Gasteiger partial charge in [0.05, 0.1) is 12.8 Å². The number of nitrogens with one attached hydrogen (secondary N) is 1. The number of halogens is 2. The van der Waals surface area contributed by atoms with Gasteiger partial charge in [0.2, 0.25) is 10.0 Å². The lowest BCUT2D eigenvalue weighted by Crippen LogP contribution is -2.29. The Balaban J connectivity index is 1.58. The SMILES string of the molecule is COc1ccc(F)cc1-c1csc(NC(=O)c2ccc(F)c(S(=O)(=O)N3CCCC3)c2)n1. The average molecular weight is 480 g/mol. The molecule has 0 aliphatic carbocycles. The van der Waals surface area contributed by atoms with Crippen molar-refractivity contribution in [1.82, 2.24) is 9.29 Å². The van der Waals surface area contributed by atoms with Crippen molar-refractivity contribution in [2.45, 2.75) is 17.7 Å². The van der Waals surface area contributed by atoms with Crippen LogP contribution in [0.2, 0.25) is 0 Å². The maximum atomic E-state index is 14.3. The number of ether oxygens (including phenoxy) is 1. The number of carbonyl (C=O) groups is 1. The molecule has 0 spiro atoms. The van der Waals surface area contributed by atoms with Gasteiger partial charge in [-0.3, -0.25) is 10.1 Å². The number of amides is 1. The summed E-state index contributed by atoms with van der Waals surface area (Å²) in [5.74, 6) is -1.60. The molecule has 1 N–H and O–H groups in total. The number of hydrogen-bond donors (Lipinski definition) is 1. The van der Waals surface area contributed by atoms with Gasteiger partial charge >= 0.3 is 0 Å². The van der Waals surface area contributed by atoms with Crippen molar-refractivity contribution in [1.29, 1.82) is 0 Å². The summed E-state index contributed by atoms with van der Waals surface area (Å²) in [5, 5.41) is 4.41. The summed E-state index contributed by atoms with van der Waals surface area (Å²) < 4.78 is 59.9. The van der Waals surface area contributed by atoms with Crippen LogP contribution < -0.4 is 10.1 Å². The average Bonchev–Trinajstić information content (AvgIpc) is 3.46. The fourth-order valence-corrected chi connectivity index (χ4v) is 5.73. The van der Waals surface area contributed by atoms with Crippen LogP contribution in [-0.2, 0) is 10.0 Å². The van der Waals surface area contributed by atoms with E-state index in [4.69, 9.17) is 4.74 Å². The van der Waals surface area contributed by atoms with Crippen LogP contribution >= 0.6 is 11.3 Å². The predicted octanol–water partition coefficient (Wildman–Crippen LogP) is 4.13. The van der Waals surface area contributed by atoms with Crippen molar-refractivity contribution in [3.63, 3.8) is 0 Å². The molecular weight excluding hydrogens is 460 g/mol. The molecule has 11 heteroatoms. The number of benzene rings is 2. The maximum absolute atomic E-state index is 14.3. The van der Waals surface area contributed by atoms with E-state index in [1.807, 2.05) is 0 Å². The van der Waals surface area contributed by atoms with Crippen molar-refractivity contribution in [2.75, 3.05) is 25.5 Å². The van der Waals surface area contributed by atoms with Crippen LogP contribution in [0.4, 0.5) is 13.9 Å². The molecule has 0 saturated carbocycles. The Morgan fingerprint density at radius 2 is 1.91 bits per heavy atom. The van der Waals surface area contributed by atoms with Crippen LogP contribution in [-0.4, -0.2) is 43.8 Å². The van der Waals surface area contributed by atoms with E-state index in [1.165, 1.54) is 35.7 Å². The minimum absolute atomic E-state index is 0.0238. The molecule has 0 unspecified atom stereocenters. The molecule has 2 heterocycles. The topological polar surface area (TPSA) is 88.6 Å². The highest BCUT2D eigenvalue weighted by Crippen LogP contribution is 2.33. The van der Waals surface area contributed by atoms with E-state index in [9.17, 15) is 22.0 Å². The van der Waals surface area contributed by atoms with E-state index < -0.39 is 32.5 Å². The number of rotatable bonds is 6. The van der Waals surface area contributed by atoms with Gasteiger partial charge in [0.25, 0.3) is 5.91 Å². The van der Waals surface area contributed by atoms with Gasteiger partial charge in [-0.15, -0.1) is 11.3 Å². The van der Waals surface area contributed by atoms with E-state index in [-0.39, 0.29) is 10.7 Å². The predicted molar refractivity (Wildman–Crippen MR) is 116 cm³/mol. The van der Waals surface area contributed by atoms with Gasteiger partial charge < -0.3 is 4.74 Å². The standard InChI is InChI=1S/C21H19F2N3O4S2/c1-30-18-7-5-14(22)11-15(18)17-12-31-21(24-17)25-20(27)13-4-6-16(23)19(10-13)32(28,29)26-8-2-3-9-26/h4-7,10-12H,2-3,8-9H2,1H3,(H,24,25,27). The zero-order valence-electron chi connectivity index (χ0n) is 17.0. The van der Waals surface area contributed by atoms with Crippen LogP contribution in [0.1, 0.15) is 23.2 Å². The van der Waals surface area contributed by atoms with Crippen molar-refractivity contribution in [3.8, 4) is 17.0 Å². The Hall–Kier alpha value is -2.89. The lowest BCUT2D eigenvalue weighted by Gasteiger charge is -2.16. The number of hydrogen-bond acceptors (Lipinski definition) is 6. The molecule has 3 aromatic rings. The minimum atomic E-state index is -4.03. The summed E-state index contributed by atoms with van der Waals surface area (Å²) in [7, 11) is -2.57. The van der Waals surface area contributed by atoms with Gasteiger partial charge in [0.15, 0.2) is 5.13 Å². The third-order valence-corrected chi connectivity index (χ3v) is 7.71. The third kappa shape index (κ3) is 4.36. The van der Waals surface area contributed by atoms with Crippen LogP contribution in [0.3, 0.4) is 0 Å². The van der Waals surface area contributed by atoms with Crippen LogP contribution in [0.25, 0.3) is 11.3 Å². The summed E-state index contributed by atoms with van der Waals surface area (Å²) in [4.78, 5) is 16.4. The van der Waals surface area contributed by atoms with Gasteiger partial charge in [0.1, 0.15) is 22.3 Å². The summed E-state index contributed by atoms with van der Waals surface area (Å²) in [6.07, 6.45) is 1.42. The first-order valence-corrected chi connectivity index (χ1v) is 12.0. The molecule has 1 saturated heterocycles. The van der Waals surface area contributed by atoms with Crippen molar-refractivity contribution < 1.29 is 26.7 Å². The Morgan fingerprint density at radius 1 is 1.16 bits per heavy atom. The molecular formula is C21H19F2N3O4S2. The first kappa shape index (κ1) is 22.3. The van der Waals surface area contributed by atoms with E-state index in [2.05, 4.69) is 10.3 Å². The summed E-state index contributed by atoms with van der Waals surface area (Å²) in [5.41, 5.74) is 0.798. The highest BCUT2D eigenvalue weighted by atomic mass is 32.2. The summed E-state index contributed by atoms with van der Waals surface area (Å²) >= 11 is 1.10. The van der Waals surface area contributed by atoms with Gasteiger partial charge in [-0.25, -0.2) is 22.2 Å². The molecule has 2 aromatic carbocycles. The van der Waals surface area contributed by atoms with Gasteiger partial charge in [-0.05, 0) is 49.2 Å². The van der Waals surface area contributed by atoms with E-state index in [1.54, 1.807) is 5.38 Å². The largest absolute Gasteiger partial charge is 0.496 e. The minimum Gasteiger partial charge on any atom is -0.496 e. The molecule has 1 aliphatic rings. The monoisotopic (exact) mass is 479 g/mol. The highest BCUT2D eigenvalue weighted by molar-refractivity contribution is 7.89. The third-order valence-electron chi connectivity index (χ3n) is 5.04. The second-order valence-electron chi connectivity index (χ2n) is 7.09. The first-order chi connectivity index (χ1) is 15.3. The quantitative estimate of drug-likeness (QED) is 0.574. The maximum Gasteiger partial charge on any atom is 0.257 e. The molecule has 168 valence electrons. The Morgan fingerprint density at radius 3 is 2.62 bits per heavy atom. The van der Waals surface area contributed by atoms with Crippen molar-refractivity contribution >= 4 is 32.4 Å². The molecule has 1 aliphatic heterocycles. The number of methoxy groups -OCH3 is 1. The van der Waals surface area contributed by atoms with E-state index in [0.29, 0.717) is 42.9 Å². The Bertz CT molecular complexity index is 1270. The van der Waals surface area contributed by atoms with Gasteiger partial charge in [0, 0.05) is 29.6 Å². The van der Waals surface area contributed by atoms with Crippen LogP contribution in [0.15, 0.2) is 46.7 Å². The number of carbonyl (C=O) groups excluding carboxylic acids is 1. The second kappa shape index (κ2) is 8.93. The lowest BCUT2D eigenvalue weighted by molar-refractivity contribution is 0.102. The number of sulfonamides is 1. The van der Waals surface area contributed by atoms with Gasteiger partial charge in [-0.1, -0.05) is 0 Å². The summed E-state index contributed by atoms with van der Waals surface area (Å²) in [6.45, 7) is 0.646. The zero-order valence-corrected chi connectivity index (χ0v) is 18.6. The number of thiazole rings is 1. The molecule has 4 rings (SSSR count). The molecule has 1 amide bonds. The number of aromatic nitrogens is 1. The number of nitrogens with zero attached hydrogens (tertiary/aromatic N) is 2. The normalized spacial score (nSPS) is 14.5. The molecule has 7 nitrogen and oxygen atoms in total. The molecule has 0 atom stereocenters. The fraction of sp³-hybridized carbons (Fsp3) is 0.238. The van der Waals surface area contributed by atoms with E-state index in [0.717, 1.165) is 23.5 Å². The second-order valence-corrected chi connectivity index (χ2v) is 9.86. The summed E-state index contributed by atoms with van der Waals surface area (Å²) in [6, 6.07) is 7.21. The molecule has 1 aromatic heterocycles. The molecule has 32 heavy (non-hydrogen) atoms. The fourth-order valence-electron chi connectivity index (χ4n) is 3.41. The van der Waals surface area contributed by atoms with Crippen LogP contribution in [0.5, 0.6) is 5.75 Å². The van der Waals surface area contributed by atoms with Gasteiger partial charge in [-0.2, -0.15) is 4.31 Å². The molecule has 1 fully saturated rings. The van der Waals surface area contributed by atoms with Crippen molar-refractivity contribution in [2.24, 2.45) is 0 Å².